The van der Waals surface area contributed by atoms with Gasteiger partial charge in [0, 0.05) is 24.2 Å². The van der Waals surface area contributed by atoms with Crippen molar-refractivity contribution in [1.29, 1.82) is 0 Å². The average Bonchev–Trinajstić information content (AvgIpc) is 2.37. The quantitative estimate of drug-likeness (QED) is 0.911. The second-order valence-corrected chi connectivity index (χ2v) is 4.52. The van der Waals surface area contributed by atoms with Crippen molar-refractivity contribution in [2.24, 2.45) is 0 Å². The summed E-state index contributed by atoms with van der Waals surface area (Å²) in [6.45, 7) is 5.95. The first kappa shape index (κ1) is 13.3. The van der Waals surface area contributed by atoms with Crippen LogP contribution in [0.25, 0.3) is 11.3 Å². The Bertz CT molecular complexity index is 569. The van der Waals surface area contributed by atoms with Gasteiger partial charge in [-0.15, -0.1) is 0 Å². The number of anilines is 1. The normalized spacial score (nSPS) is 10.7. The molecule has 0 aliphatic rings. The van der Waals surface area contributed by atoms with Crippen LogP contribution in [-0.4, -0.2) is 21.1 Å². The summed E-state index contributed by atoms with van der Waals surface area (Å²) in [6.07, 6.45) is 4.29. The van der Waals surface area contributed by atoms with Crippen LogP contribution in [0.1, 0.15) is 26.6 Å². The predicted octanol–water partition coefficient (Wildman–Crippen LogP) is 2.47. The van der Waals surface area contributed by atoms with E-state index in [4.69, 9.17) is 10.5 Å². The fraction of sp³-hybridized carbons (Fsp3) is 0.357. The smallest absolute Gasteiger partial charge is 0.138 e. The lowest BCUT2D eigenvalue weighted by atomic mass is 10.2. The first-order valence-corrected chi connectivity index (χ1v) is 6.34. The highest BCUT2D eigenvalue weighted by molar-refractivity contribution is 5.62. The molecule has 0 unspecified atom stereocenters. The van der Waals surface area contributed by atoms with E-state index in [1.165, 1.54) is 0 Å². The zero-order valence-electron chi connectivity index (χ0n) is 11.4. The molecular weight excluding hydrogens is 240 g/mol. The van der Waals surface area contributed by atoms with E-state index in [0.29, 0.717) is 5.82 Å². The first-order chi connectivity index (χ1) is 9.08. The molecule has 2 heterocycles. The van der Waals surface area contributed by atoms with Gasteiger partial charge < -0.3 is 10.5 Å². The Morgan fingerprint density at radius 3 is 2.68 bits per heavy atom. The Balaban J connectivity index is 2.38. The van der Waals surface area contributed by atoms with Crippen molar-refractivity contribution in [2.75, 3.05) is 5.73 Å². The average molecular weight is 258 g/mol. The van der Waals surface area contributed by atoms with Crippen LogP contribution in [0, 0.1) is 0 Å². The SMILES string of the molecule is CCc1nc(N)cc(-c2cncc(OC(C)C)c2)n1. The van der Waals surface area contributed by atoms with Crippen molar-refractivity contribution in [3.8, 4) is 17.0 Å². The maximum Gasteiger partial charge on any atom is 0.138 e. The number of ether oxygens (including phenoxy) is 1. The summed E-state index contributed by atoms with van der Waals surface area (Å²) in [5.74, 6) is 1.92. The second kappa shape index (κ2) is 5.65. The zero-order chi connectivity index (χ0) is 13.8. The van der Waals surface area contributed by atoms with Crippen molar-refractivity contribution >= 4 is 5.82 Å². The lowest BCUT2D eigenvalue weighted by Crippen LogP contribution is -2.06. The molecule has 0 saturated carbocycles. The fourth-order valence-electron chi connectivity index (χ4n) is 1.72. The maximum absolute atomic E-state index is 5.79. The third-order valence-corrected chi connectivity index (χ3v) is 2.49. The number of pyridine rings is 1. The Kier molecular flexibility index (Phi) is 3.94. The van der Waals surface area contributed by atoms with E-state index in [2.05, 4.69) is 15.0 Å². The van der Waals surface area contributed by atoms with Gasteiger partial charge in [0.25, 0.3) is 0 Å². The molecule has 5 nitrogen and oxygen atoms in total. The Hall–Kier alpha value is -2.17. The van der Waals surface area contributed by atoms with Crippen LogP contribution < -0.4 is 10.5 Å². The van der Waals surface area contributed by atoms with Crippen LogP contribution in [0.2, 0.25) is 0 Å². The largest absolute Gasteiger partial charge is 0.489 e. The number of nitrogens with zero attached hydrogens (tertiary/aromatic N) is 3. The molecule has 2 aromatic heterocycles. The summed E-state index contributed by atoms with van der Waals surface area (Å²) in [5.41, 5.74) is 7.43. The number of nitrogens with two attached hydrogens (primary N) is 1. The molecule has 0 fully saturated rings. The number of rotatable bonds is 4. The molecule has 0 spiro atoms. The highest BCUT2D eigenvalue weighted by Crippen LogP contribution is 2.22. The highest BCUT2D eigenvalue weighted by atomic mass is 16.5. The van der Waals surface area contributed by atoms with E-state index in [9.17, 15) is 0 Å². The molecule has 0 aliphatic carbocycles. The molecular formula is C14H18N4O. The minimum atomic E-state index is 0.110. The molecule has 2 rings (SSSR count). The van der Waals surface area contributed by atoms with Crippen LogP contribution >= 0.6 is 0 Å². The van der Waals surface area contributed by atoms with Gasteiger partial charge in [-0.25, -0.2) is 9.97 Å². The fourth-order valence-corrected chi connectivity index (χ4v) is 1.72. The van der Waals surface area contributed by atoms with Crippen LogP contribution in [0.15, 0.2) is 24.5 Å². The van der Waals surface area contributed by atoms with Gasteiger partial charge in [-0.1, -0.05) is 6.92 Å². The van der Waals surface area contributed by atoms with E-state index in [-0.39, 0.29) is 6.10 Å². The molecule has 0 saturated heterocycles. The van der Waals surface area contributed by atoms with Crippen LogP contribution in [0.3, 0.4) is 0 Å². The first-order valence-electron chi connectivity index (χ1n) is 6.34. The third kappa shape index (κ3) is 3.40. The number of aromatic nitrogens is 3. The van der Waals surface area contributed by atoms with Gasteiger partial charge in [-0.2, -0.15) is 0 Å². The van der Waals surface area contributed by atoms with E-state index < -0.39 is 0 Å². The maximum atomic E-state index is 5.79. The standard InChI is InChI=1S/C14H18N4O/c1-4-14-17-12(6-13(15)18-14)10-5-11(8-16-7-10)19-9(2)3/h5-9H,4H2,1-3H3,(H2,15,17,18). The molecule has 0 atom stereocenters. The lowest BCUT2D eigenvalue weighted by molar-refractivity contribution is 0.241. The third-order valence-electron chi connectivity index (χ3n) is 2.49. The molecule has 0 aliphatic heterocycles. The molecule has 0 radical (unpaired) electrons. The van der Waals surface area contributed by atoms with Crippen molar-refractivity contribution in [3.63, 3.8) is 0 Å². The highest BCUT2D eigenvalue weighted by Gasteiger charge is 2.07. The number of aryl methyl sites for hydroxylation is 1. The number of nitrogen functional groups attached to an aromatic ring is 1. The second-order valence-electron chi connectivity index (χ2n) is 4.52. The molecule has 0 amide bonds. The van der Waals surface area contributed by atoms with Crippen molar-refractivity contribution in [2.45, 2.75) is 33.3 Å². The summed E-state index contributed by atoms with van der Waals surface area (Å²) in [5, 5.41) is 0. The van der Waals surface area contributed by atoms with Gasteiger partial charge in [-0.3, -0.25) is 4.98 Å². The molecule has 0 bridgehead atoms. The molecule has 2 N–H and O–H groups in total. The van der Waals surface area contributed by atoms with Gasteiger partial charge >= 0.3 is 0 Å². The molecule has 19 heavy (non-hydrogen) atoms. The van der Waals surface area contributed by atoms with E-state index in [1.807, 2.05) is 26.8 Å². The minimum absolute atomic E-state index is 0.110. The topological polar surface area (TPSA) is 73.9 Å². The Labute approximate surface area is 112 Å². The van der Waals surface area contributed by atoms with Gasteiger partial charge in [0.15, 0.2) is 0 Å². The summed E-state index contributed by atoms with van der Waals surface area (Å²) < 4.78 is 5.63. The van der Waals surface area contributed by atoms with E-state index >= 15 is 0 Å². The molecule has 100 valence electrons. The summed E-state index contributed by atoms with van der Waals surface area (Å²) in [4.78, 5) is 12.8. The summed E-state index contributed by atoms with van der Waals surface area (Å²) in [6, 6.07) is 3.66. The summed E-state index contributed by atoms with van der Waals surface area (Å²) in [7, 11) is 0. The number of hydrogen-bond donors (Lipinski definition) is 1. The molecule has 0 aromatic carbocycles. The van der Waals surface area contributed by atoms with Gasteiger partial charge in [0.2, 0.25) is 0 Å². The van der Waals surface area contributed by atoms with Crippen LogP contribution in [0.4, 0.5) is 5.82 Å². The van der Waals surface area contributed by atoms with E-state index in [0.717, 1.165) is 29.3 Å². The zero-order valence-corrected chi connectivity index (χ0v) is 11.4. The Morgan fingerprint density at radius 1 is 1.21 bits per heavy atom. The summed E-state index contributed by atoms with van der Waals surface area (Å²) >= 11 is 0. The molecule has 5 heteroatoms. The number of hydrogen-bond acceptors (Lipinski definition) is 5. The lowest BCUT2D eigenvalue weighted by Gasteiger charge is -2.10. The Morgan fingerprint density at radius 2 is 2.00 bits per heavy atom. The van der Waals surface area contributed by atoms with Gasteiger partial charge in [0.05, 0.1) is 18.0 Å². The predicted molar refractivity (Wildman–Crippen MR) is 74.8 cm³/mol. The van der Waals surface area contributed by atoms with Gasteiger partial charge in [0.1, 0.15) is 17.4 Å². The van der Waals surface area contributed by atoms with Crippen molar-refractivity contribution in [1.82, 2.24) is 15.0 Å². The molecule has 2 aromatic rings. The van der Waals surface area contributed by atoms with Gasteiger partial charge in [-0.05, 0) is 19.9 Å². The van der Waals surface area contributed by atoms with Crippen LogP contribution in [0.5, 0.6) is 5.75 Å². The van der Waals surface area contributed by atoms with Crippen molar-refractivity contribution in [3.05, 3.63) is 30.4 Å². The monoisotopic (exact) mass is 258 g/mol. The minimum Gasteiger partial charge on any atom is -0.489 e. The van der Waals surface area contributed by atoms with E-state index in [1.54, 1.807) is 18.5 Å². The van der Waals surface area contributed by atoms with Crippen LogP contribution in [-0.2, 0) is 6.42 Å². The van der Waals surface area contributed by atoms with Crippen molar-refractivity contribution < 1.29 is 4.74 Å².